The molecule has 0 fully saturated rings. The molecule has 2 unspecified atom stereocenters. The smallest absolute Gasteiger partial charge is 0.507 e. The molecule has 81 heavy (non-hydrogen) atoms. The van der Waals surface area contributed by atoms with Gasteiger partial charge in [0.05, 0.1) is 63.0 Å². The Morgan fingerprint density at radius 2 is 0.827 bits per heavy atom. The number of aliphatic hydroxyl groups is 1. The van der Waals surface area contributed by atoms with E-state index in [2.05, 4.69) is 34.4 Å². The summed E-state index contributed by atoms with van der Waals surface area (Å²) in [6.45, 7) is 14.1. The fourth-order valence-corrected chi connectivity index (χ4v) is 8.11. The molecule has 452 valence electrons. The van der Waals surface area contributed by atoms with Crippen LogP contribution < -0.4 is 21.3 Å². The van der Waals surface area contributed by atoms with E-state index in [0.29, 0.717) is 52.9 Å². The van der Waals surface area contributed by atoms with Gasteiger partial charge in [-0.15, -0.1) is 26.3 Å². The molecule has 4 aromatic carbocycles. The lowest BCUT2D eigenvalue weighted by Crippen LogP contribution is -2.54. The molecule has 0 aromatic heterocycles. The summed E-state index contributed by atoms with van der Waals surface area (Å²) in [6, 6.07) is 11.6. The number of nitrogens with zero attached hydrogens (tertiary/aromatic N) is 3. The van der Waals surface area contributed by atoms with E-state index in [9.17, 15) is 88.0 Å². The fraction of sp³-hybridized carbons (Fsp3) is 0.444. The average Bonchev–Trinajstić information content (AvgIpc) is 3.45. The Bertz CT molecular complexity index is 2770. The number of alkyl halides is 12. The molecule has 2 aliphatic carbocycles. The molecule has 0 radical (unpaired) electrons. The minimum absolute atomic E-state index is 0.00266. The minimum atomic E-state index is -4.93. The van der Waals surface area contributed by atoms with Crippen LogP contribution in [-0.2, 0) is 0 Å². The number of fused-ring (bicyclic) bond motifs is 4. The van der Waals surface area contributed by atoms with Gasteiger partial charge in [-0.25, -0.2) is 14.9 Å². The van der Waals surface area contributed by atoms with Crippen LogP contribution >= 0.6 is 0 Å². The number of quaternary nitrogens is 3. The van der Waals surface area contributed by atoms with Gasteiger partial charge in [-0.1, -0.05) is 51.6 Å². The molecule has 6 rings (SSSR count). The molecule has 10 N–H and O–H groups in total. The van der Waals surface area contributed by atoms with Crippen LogP contribution in [-0.4, -0.2) is 169 Å². The first-order valence-electron chi connectivity index (χ1n) is 25.1. The van der Waals surface area contributed by atoms with Crippen LogP contribution in [0.3, 0.4) is 0 Å². The second-order valence-electron chi connectivity index (χ2n) is 19.2. The number of aromatic hydroxyl groups is 3. The highest BCUT2D eigenvalue weighted by molar-refractivity contribution is 6.25. The third-order valence-corrected chi connectivity index (χ3v) is 12.6. The normalized spacial score (nSPS) is 14.4. The summed E-state index contributed by atoms with van der Waals surface area (Å²) in [7, 11) is 4.67. The summed E-state index contributed by atoms with van der Waals surface area (Å²) in [5.41, 5.74) is 3.81. The number of likely N-dealkylation sites (N-methyl/N-ethyl adjacent to an activating group) is 3. The Labute approximate surface area is 461 Å². The standard InChI is InChI=1S/C25H28F6N4O3.C23H26F3N3O4.C3H5F3.C2H6.CH4O/c1-14-6-9-18(36)22-19(14)15(2)20-16(32-10-12-34(3,4)24(26,27)28)7-8-17(21(20)23(22)37)33-11-13-35(5,38)25(29,30)31;1-4-9-27-15-6-5-14(28-10-11-29(3,33)12-23(24,25)26)18-13(2)19-16(30)7-8-17(31)21(19)22(32)20(15)18;1-2-3(4,5)6;2*1-2/h6-9,32,38H,2,10-13H2,1,3-5H3;5-8,28,33H,2,4,9-12H2,1,3H3,(H2-,27,30,31,32);2H2,1H3;1-2H3;2H,1H3/p+3. The van der Waals surface area contributed by atoms with Crippen molar-refractivity contribution < 1.29 is 107 Å². The number of hydrogen-bond acceptors (Lipinski definition) is 12. The Kier molecular flexibility index (Phi) is 24.1. The van der Waals surface area contributed by atoms with Crippen LogP contribution in [0, 0.1) is 6.92 Å². The van der Waals surface area contributed by atoms with Gasteiger partial charge >= 0.3 is 25.0 Å². The quantitative estimate of drug-likeness (QED) is 0.0145. The van der Waals surface area contributed by atoms with Crippen molar-refractivity contribution in [1.82, 2.24) is 0 Å². The monoisotopic (exact) mass is 1170 g/mol. The van der Waals surface area contributed by atoms with Crippen LogP contribution in [0.1, 0.15) is 100 Å². The third-order valence-electron chi connectivity index (χ3n) is 12.6. The predicted octanol–water partition coefficient (Wildman–Crippen LogP) is 12.0. The van der Waals surface area contributed by atoms with Crippen LogP contribution in [0.25, 0.3) is 11.1 Å². The number of aliphatic hydroxyl groups excluding tert-OH is 1. The zero-order valence-electron chi connectivity index (χ0n) is 46.5. The van der Waals surface area contributed by atoms with Crippen LogP contribution in [0.15, 0.2) is 61.7 Å². The van der Waals surface area contributed by atoms with E-state index in [4.69, 9.17) is 5.11 Å². The first kappa shape index (κ1) is 70.3. The Hall–Kier alpha value is -6.78. The molecule has 0 amide bonds. The molecule has 0 bridgehead atoms. The summed E-state index contributed by atoms with van der Waals surface area (Å²) >= 11 is 0. The number of carbonyl (C=O) groups excluding carboxylic acids is 2. The van der Waals surface area contributed by atoms with Crippen molar-refractivity contribution in [3.05, 3.63) is 112 Å². The van der Waals surface area contributed by atoms with Gasteiger partial charge in [-0.2, -0.15) is 31.0 Å². The van der Waals surface area contributed by atoms with E-state index in [1.54, 1.807) is 25.1 Å². The Morgan fingerprint density at radius 1 is 0.481 bits per heavy atom. The van der Waals surface area contributed by atoms with Crippen molar-refractivity contribution in [3.8, 4) is 17.2 Å². The highest BCUT2D eigenvalue weighted by Gasteiger charge is 2.52. The zero-order valence-corrected chi connectivity index (χ0v) is 46.5. The van der Waals surface area contributed by atoms with Crippen LogP contribution in [0.4, 0.5) is 75.4 Å². The van der Waals surface area contributed by atoms with E-state index >= 15 is 0 Å². The molecule has 4 aromatic rings. The maximum absolute atomic E-state index is 13.6. The lowest BCUT2D eigenvalue weighted by Gasteiger charge is -2.32. The number of carbonyl (C=O) groups is 2. The van der Waals surface area contributed by atoms with Crippen molar-refractivity contribution in [3.63, 3.8) is 0 Å². The van der Waals surface area contributed by atoms with Gasteiger partial charge in [0.2, 0.25) is 6.54 Å². The maximum Gasteiger partial charge on any atom is 0.592 e. The van der Waals surface area contributed by atoms with Crippen molar-refractivity contribution in [1.29, 1.82) is 0 Å². The average molecular weight is 1180 g/mol. The van der Waals surface area contributed by atoms with E-state index < -0.39 is 69.8 Å². The molecule has 27 heteroatoms. The Balaban J connectivity index is 0.000000479. The van der Waals surface area contributed by atoms with Gasteiger partial charge in [0.1, 0.15) is 43.9 Å². The molecule has 0 aliphatic heterocycles. The number of halogens is 12. The number of phenols is 3. The van der Waals surface area contributed by atoms with E-state index in [1.165, 1.54) is 30.3 Å². The van der Waals surface area contributed by atoms with Crippen LogP contribution in [0.5, 0.6) is 17.2 Å². The fourth-order valence-electron chi connectivity index (χ4n) is 8.11. The lowest BCUT2D eigenvalue weighted by molar-refractivity contribution is -1.16. The summed E-state index contributed by atoms with van der Waals surface area (Å²) in [6.07, 6.45) is -17.8. The van der Waals surface area contributed by atoms with Gasteiger partial charge in [0.15, 0.2) is 11.6 Å². The summed E-state index contributed by atoms with van der Waals surface area (Å²) in [5.74, 6) is -1.97. The lowest BCUT2D eigenvalue weighted by atomic mass is 9.78. The topological polar surface area (TPSA) is 204 Å². The minimum Gasteiger partial charge on any atom is -0.507 e. The number of benzene rings is 4. The van der Waals surface area contributed by atoms with E-state index in [0.717, 1.165) is 41.6 Å². The molecule has 0 saturated heterocycles. The van der Waals surface area contributed by atoms with E-state index in [1.807, 2.05) is 20.8 Å². The summed E-state index contributed by atoms with van der Waals surface area (Å²) < 4.78 is 145. The predicted molar refractivity (Wildman–Crippen MR) is 284 cm³/mol. The number of aryl methyl sites for hydroxylation is 1. The van der Waals surface area contributed by atoms with E-state index in [-0.39, 0.29) is 94.6 Å². The van der Waals surface area contributed by atoms with Gasteiger partial charge in [0, 0.05) is 59.5 Å². The molecule has 15 nitrogen and oxygen atoms in total. The van der Waals surface area contributed by atoms with Gasteiger partial charge in [0.25, 0.3) is 0 Å². The molecular weight excluding hydrogens is 1100 g/mol. The Morgan fingerprint density at radius 3 is 1.21 bits per heavy atom. The first-order chi connectivity index (χ1) is 37.2. The van der Waals surface area contributed by atoms with Crippen molar-refractivity contribution in [2.45, 2.75) is 72.4 Å². The number of rotatable bonds is 16. The van der Waals surface area contributed by atoms with Crippen molar-refractivity contribution in [2.75, 3.05) is 109 Å². The van der Waals surface area contributed by atoms with Gasteiger partial charge in [-0.3, -0.25) is 9.59 Å². The first-order valence-corrected chi connectivity index (χ1v) is 25.1. The molecule has 0 heterocycles. The van der Waals surface area contributed by atoms with Crippen LogP contribution in [0.2, 0.25) is 0 Å². The molecular formula is C54H72F12N7O8+3. The van der Waals surface area contributed by atoms with Gasteiger partial charge < -0.3 is 41.7 Å². The number of nitrogens with one attached hydrogen (secondary N) is 4. The van der Waals surface area contributed by atoms with Crippen molar-refractivity contribution in [2.24, 2.45) is 0 Å². The highest BCUT2D eigenvalue weighted by atomic mass is 19.4. The third kappa shape index (κ3) is 17.6. The summed E-state index contributed by atoms with van der Waals surface area (Å²) in [4.78, 5) is 27.0. The second kappa shape index (κ2) is 27.8. The number of phenolic OH excluding ortho intramolecular Hbond substituents is 3. The second-order valence-corrected chi connectivity index (χ2v) is 19.2. The number of hydrogen-bond donors (Lipinski definition) is 10. The number of anilines is 4. The zero-order chi connectivity index (χ0) is 62.6. The molecule has 2 aliphatic rings. The number of ketones is 2. The molecule has 0 spiro atoms. The largest absolute Gasteiger partial charge is 0.592 e. The summed E-state index contributed by atoms with van der Waals surface area (Å²) in [5, 5.41) is 69.7. The van der Waals surface area contributed by atoms with Gasteiger partial charge in [-0.05, 0) is 78.1 Å². The maximum atomic E-state index is 13.6. The highest BCUT2D eigenvalue weighted by Crippen LogP contribution is 2.49. The molecule has 2 atom stereocenters. The molecule has 0 saturated carbocycles. The number of hydroxylamine groups is 6. The SMILES string of the molecule is C=C1c2c(C)ccc(O)c2C(=O)c2c(NCC[N+](C)(O)C(F)(F)F)ccc(NCC[N+](C)(C)C(F)(F)F)c21.C=C1c2c(O)ccc(O)c2C(=O)c2c(NCCC)ccc(NCC[N+](C)(O)CC(F)(F)F)c21.CC.CCC(F)(F)F.CO. The van der Waals surface area contributed by atoms with Crippen molar-refractivity contribution >= 4 is 45.5 Å².